The molecule has 2 aliphatic rings. The van der Waals surface area contributed by atoms with Gasteiger partial charge in [-0.25, -0.2) is 0 Å². The number of nitrogens with zero attached hydrogens (tertiary/aromatic N) is 2. The summed E-state index contributed by atoms with van der Waals surface area (Å²) in [6, 6.07) is 0.148. The Morgan fingerprint density at radius 2 is 2.11 bits per heavy atom. The molecule has 4 heteroatoms. The maximum absolute atomic E-state index is 12.6. The number of carbonyl (C=O) groups excluding carboxylic acids is 1. The van der Waals surface area contributed by atoms with E-state index in [0.29, 0.717) is 18.4 Å². The van der Waals surface area contributed by atoms with Gasteiger partial charge in [0, 0.05) is 13.1 Å². The van der Waals surface area contributed by atoms with Crippen molar-refractivity contribution >= 4 is 5.91 Å². The molecule has 0 radical (unpaired) electrons. The van der Waals surface area contributed by atoms with Gasteiger partial charge in [-0.3, -0.25) is 9.69 Å². The fourth-order valence-corrected chi connectivity index (χ4v) is 3.26. The minimum absolute atomic E-state index is 0.148. The van der Waals surface area contributed by atoms with Crippen molar-refractivity contribution in [2.75, 3.05) is 32.7 Å². The first kappa shape index (κ1) is 13.8. The lowest BCUT2D eigenvalue weighted by molar-refractivity contribution is -0.137. The number of nitrogens with two attached hydrogens (primary N) is 1. The smallest absolute Gasteiger partial charge is 0.239 e. The fourth-order valence-electron chi connectivity index (χ4n) is 3.26. The summed E-state index contributed by atoms with van der Waals surface area (Å²) in [6.07, 6.45) is 5.71. The van der Waals surface area contributed by atoms with Crippen molar-refractivity contribution in [3.05, 3.63) is 0 Å². The molecule has 0 aromatic carbocycles. The van der Waals surface area contributed by atoms with Crippen LogP contribution in [0.5, 0.6) is 0 Å². The molecule has 2 heterocycles. The Labute approximate surface area is 110 Å². The van der Waals surface area contributed by atoms with Crippen molar-refractivity contribution in [3.63, 3.8) is 0 Å². The largest absolute Gasteiger partial charge is 0.341 e. The second-order valence-electron chi connectivity index (χ2n) is 5.72. The lowest BCUT2D eigenvalue weighted by atomic mass is 10.0. The molecule has 2 aliphatic heterocycles. The average molecular weight is 253 g/mol. The molecule has 2 fully saturated rings. The van der Waals surface area contributed by atoms with E-state index in [-0.39, 0.29) is 6.04 Å². The van der Waals surface area contributed by atoms with Gasteiger partial charge in [0.1, 0.15) is 0 Å². The monoisotopic (exact) mass is 253 g/mol. The summed E-state index contributed by atoms with van der Waals surface area (Å²) in [5.41, 5.74) is 5.70. The van der Waals surface area contributed by atoms with Crippen molar-refractivity contribution in [3.8, 4) is 0 Å². The molecular weight excluding hydrogens is 226 g/mol. The van der Waals surface area contributed by atoms with Gasteiger partial charge in [-0.2, -0.15) is 0 Å². The van der Waals surface area contributed by atoms with E-state index in [0.717, 1.165) is 45.4 Å². The van der Waals surface area contributed by atoms with Crippen LogP contribution in [-0.2, 0) is 4.79 Å². The molecule has 0 aliphatic carbocycles. The predicted octanol–water partition coefficient (Wildman–Crippen LogP) is 1.06. The highest BCUT2D eigenvalue weighted by Gasteiger charge is 2.34. The number of hydrogen-bond donors (Lipinski definition) is 1. The van der Waals surface area contributed by atoms with Gasteiger partial charge < -0.3 is 10.6 Å². The Morgan fingerprint density at radius 1 is 1.28 bits per heavy atom. The predicted molar refractivity (Wildman–Crippen MR) is 73.2 cm³/mol. The zero-order valence-corrected chi connectivity index (χ0v) is 11.6. The number of hydrogen-bond acceptors (Lipinski definition) is 3. The topological polar surface area (TPSA) is 49.6 Å². The van der Waals surface area contributed by atoms with Crippen LogP contribution in [0.25, 0.3) is 0 Å². The quantitative estimate of drug-likeness (QED) is 0.815. The minimum atomic E-state index is 0.148. The molecular formula is C14H27N3O. The van der Waals surface area contributed by atoms with Crippen LogP contribution >= 0.6 is 0 Å². The molecule has 4 nitrogen and oxygen atoms in total. The van der Waals surface area contributed by atoms with Gasteiger partial charge in [0.2, 0.25) is 5.91 Å². The molecule has 1 amide bonds. The van der Waals surface area contributed by atoms with Gasteiger partial charge in [-0.15, -0.1) is 0 Å². The summed E-state index contributed by atoms with van der Waals surface area (Å²) in [5, 5.41) is 0. The van der Waals surface area contributed by atoms with Gasteiger partial charge in [0.15, 0.2) is 0 Å². The summed E-state index contributed by atoms with van der Waals surface area (Å²) < 4.78 is 0. The lowest BCUT2D eigenvalue weighted by Crippen LogP contribution is -2.50. The molecule has 0 aromatic heterocycles. The minimum Gasteiger partial charge on any atom is -0.341 e. The summed E-state index contributed by atoms with van der Waals surface area (Å²) in [4.78, 5) is 17.0. The first-order chi connectivity index (χ1) is 8.76. The lowest BCUT2D eigenvalue weighted by Gasteiger charge is -2.36. The van der Waals surface area contributed by atoms with Crippen LogP contribution in [0.15, 0.2) is 0 Å². The highest BCUT2D eigenvalue weighted by molar-refractivity contribution is 5.82. The Balaban J connectivity index is 1.93. The molecule has 2 rings (SSSR count). The second kappa shape index (κ2) is 6.53. The van der Waals surface area contributed by atoms with E-state index in [2.05, 4.69) is 16.7 Å². The van der Waals surface area contributed by atoms with E-state index in [9.17, 15) is 4.79 Å². The molecule has 0 unspecified atom stereocenters. The Bertz CT molecular complexity index is 280. The fraction of sp³-hybridized carbons (Fsp3) is 0.929. The van der Waals surface area contributed by atoms with Gasteiger partial charge in [-0.1, -0.05) is 13.3 Å². The second-order valence-corrected chi connectivity index (χ2v) is 5.72. The Morgan fingerprint density at radius 3 is 2.78 bits per heavy atom. The molecule has 0 spiro atoms. The van der Waals surface area contributed by atoms with Crippen molar-refractivity contribution in [2.45, 2.75) is 45.1 Å². The van der Waals surface area contributed by atoms with Crippen LogP contribution in [0.4, 0.5) is 0 Å². The standard InChI is InChI=1S/C14H27N3O/c1-2-7-16-8-4-3-5-13(16)14(18)17-9-6-12(10-15)11-17/h12-13H,2-11,15H2,1H3/t12-,13-/m1/s1. The van der Waals surface area contributed by atoms with E-state index in [1.165, 1.54) is 12.8 Å². The summed E-state index contributed by atoms with van der Waals surface area (Å²) >= 11 is 0. The van der Waals surface area contributed by atoms with E-state index < -0.39 is 0 Å². The summed E-state index contributed by atoms with van der Waals surface area (Å²) in [5.74, 6) is 0.885. The van der Waals surface area contributed by atoms with Gasteiger partial charge in [0.05, 0.1) is 6.04 Å². The Kier molecular flexibility index (Phi) is 5.01. The zero-order valence-electron chi connectivity index (χ0n) is 11.6. The van der Waals surface area contributed by atoms with Gasteiger partial charge in [-0.05, 0) is 51.2 Å². The maximum atomic E-state index is 12.6. The average Bonchev–Trinajstić information content (AvgIpc) is 2.88. The first-order valence-corrected chi connectivity index (χ1v) is 7.49. The number of likely N-dealkylation sites (tertiary alicyclic amines) is 2. The summed E-state index contributed by atoms with van der Waals surface area (Å²) in [6.45, 7) is 6.86. The van der Waals surface area contributed by atoms with Crippen LogP contribution in [0.2, 0.25) is 0 Å². The normalized spacial score (nSPS) is 29.8. The van der Waals surface area contributed by atoms with Gasteiger partial charge >= 0.3 is 0 Å². The van der Waals surface area contributed by atoms with Gasteiger partial charge in [0.25, 0.3) is 0 Å². The number of piperidine rings is 1. The van der Waals surface area contributed by atoms with Crippen molar-refractivity contribution in [1.82, 2.24) is 9.80 Å². The molecule has 18 heavy (non-hydrogen) atoms. The molecule has 2 N–H and O–H groups in total. The van der Waals surface area contributed by atoms with Crippen LogP contribution < -0.4 is 5.73 Å². The zero-order chi connectivity index (χ0) is 13.0. The molecule has 0 bridgehead atoms. The van der Waals surface area contributed by atoms with E-state index >= 15 is 0 Å². The van der Waals surface area contributed by atoms with Crippen LogP contribution in [0.1, 0.15) is 39.0 Å². The Hall–Kier alpha value is -0.610. The molecule has 2 atom stereocenters. The van der Waals surface area contributed by atoms with E-state index in [1.54, 1.807) is 0 Å². The molecule has 0 saturated carbocycles. The SMILES string of the molecule is CCCN1CCCC[C@@H]1C(=O)N1CC[C@H](CN)C1. The number of carbonyl (C=O) groups is 1. The number of rotatable bonds is 4. The third kappa shape index (κ3) is 3.04. The van der Waals surface area contributed by atoms with E-state index in [1.807, 2.05) is 0 Å². The molecule has 2 saturated heterocycles. The first-order valence-electron chi connectivity index (χ1n) is 7.49. The third-order valence-corrected chi connectivity index (χ3v) is 4.34. The highest BCUT2D eigenvalue weighted by atomic mass is 16.2. The summed E-state index contributed by atoms with van der Waals surface area (Å²) in [7, 11) is 0. The molecule has 104 valence electrons. The third-order valence-electron chi connectivity index (χ3n) is 4.34. The van der Waals surface area contributed by atoms with Crippen molar-refractivity contribution in [2.24, 2.45) is 11.7 Å². The van der Waals surface area contributed by atoms with Crippen LogP contribution in [0, 0.1) is 5.92 Å². The van der Waals surface area contributed by atoms with Crippen LogP contribution in [-0.4, -0.2) is 54.5 Å². The van der Waals surface area contributed by atoms with Crippen molar-refractivity contribution < 1.29 is 4.79 Å². The van der Waals surface area contributed by atoms with Crippen molar-refractivity contribution in [1.29, 1.82) is 0 Å². The van der Waals surface area contributed by atoms with E-state index in [4.69, 9.17) is 5.73 Å². The number of amides is 1. The maximum Gasteiger partial charge on any atom is 0.239 e. The highest BCUT2D eigenvalue weighted by Crippen LogP contribution is 2.22. The van der Waals surface area contributed by atoms with Crippen LogP contribution in [0.3, 0.4) is 0 Å². The molecule has 0 aromatic rings.